The highest BCUT2D eigenvalue weighted by molar-refractivity contribution is 5.84. The molecule has 1 saturated heterocycles. The van der Waals surface area contributed by atoms with Crippen molar-refractivity contribution in [2.45, 2.75) is 13.3 Å². The highest BCUT2D eigenvalue weighted by Gasteiger charge is 2.23. The Hall–Kier alpha value is -3.53. The number of rotatable bonds is 4. The van der Waals surface area contributed by atoms with Crippen molar-refractivity contribution >= 4 is 22.6 Å². The van der Waals surface area contributed by atoms with Crippen molar-refractivity contribution in [3.63, 3.8) is 0 Å². The molecule has 2 N–H and O–H groups in total. The Morgan fingerprint density at radius 3 is 2.70 bits per heavy atom. The number of para-hydroxylation sites is 1. The maximum Gasteiger partial charge on any atom is 0.317 e. The Morgan fingerprint density at radius 1 is 1.17 bits per heavy atom. The number of benzene rings is 2. The van der Waals surface area contributed by atoms with E-state index in [0.29, 0.717) is 38.4 Å². The van der Waals surface area contributed by atoms with Gasteiger partial charge in [0.2, 0.25) is 0 Å². The first-order valence-electron chi connectivity index (χ1n) is 10.1. The maximum atomic E-state index is 13.9. The summed E-state index contributed by atoms with van der Waals surface area (Å²) in [5, 5.41) is 13.4. The molecule has 2 amide bonds. The lowest BCUT2D eigenvalue weighted by Gasteiger charge is -2.36. The molecular formula is C23H24FN5O. The number of piperazine rings is 1. The van der Waals surface area contributed by atoms with Gasteiger partial charge in [0.05, 0.1) is 5.69 Å². The standard InChI is InChI=1S/C23H24FN5O/c1-16-17(18-5-2-3-7-21(18)27-16)9-10-26-23(30)29-13-11-28(12-14-29)22-8-4-6-20(24)19(22)15-25/h2-8,27H,9-14H2,1H3,(H,26,30). The summed E-state index contributed by atoms with van der Waals surface area (Å²) in [6.07, 6.45) is 0.760. The van der Waals surface area contributed by atoms with E-state index in [9.17, 15) is 14.4 Å². The molecule has 6 nitrogen and oxygen atoms in total. The highest BCUT2D eigenvalue weighted by atomic mass is 19.1. The molecule has 4 rings (SSSR count). The number of aromatic amines is 1. The normalized spacial score (nSPS) is 14.0. The minimum absolute atomic E-state index is 0.0597. The van der Waals surface area contributed by atoms with Gasteiger partial charge in [0.25, 0.3) is 0 Å². The monoisotopic (exact) mass is 405 g/mol. The van der Waals surface area contributed by atoms with E-state index in [1.165, 1.54) is 17.0 Å². The summed E-state index contributed by atoms with van der Waals surface area (Å²) in [6.45, 7) is 4.79. The Balaban J connectivity index is 1.31. The highest BCUT2D eigenvalue weighted by Crippen LogP contribution is 2.24. The number of nitriles is 1. The zero-order valence-electron chi connectivity index (χ0n) is 16.9. The molecule has 30 heavy (non-hydrogen) atoms. The number of carbonyl (C=O) groups is 1. The molecule has 1 aliphatic heterocycles. The van der Waals surface area contributed by atoms with Gasteiger partial charge >= 0.3 is 6.03 Å². The Bertz CT molecular complexity index is 1110. The summed E-state index contributed by atoms with van der Waals surface area (Å²) >= 11 is 0. The fourth-order valence-corrected chi connectivity index (χ4v) is 4.10. The molecule has 7 heteroatoms. The van der Waals surface area contributed by atoms with Crippen LogP contribution in [0.4, 0.5) is 14.9 Å². The molecule has 0 bridgehead atoms. The van der Waals surface area contributed by atoms with Crippen LogP contribution in [0.2, 0.25) is 0 Å². The number of fused-ring (bicyclic) bond motifs is 1. The van der Waals surface area contributed by atoms with Gasteiger partial charge in [0.15, 0.2) is 0 Å². The van der Waals surface area contributed by atoms with Crippen molar-refractivity contribution in [1.29, 1.82) is 5.26 Å². The number of carbonyl (C=O) groups excluding carboxylic acids is 1. The quantitative estimate of drug-likeness (QED) is 0.697. The summed E-state index contributed by atoms with van der Waals surface area (Å²) in [5.41, 5.74) is 4.12. The van der Waals surface area contributed by atoms with Gasteiger partial charge in [-0.25, -0.2) is 9.18 Å². The number of anilines is 1. The van der Waals surface area contributed by atoms with Crippen LogP contribution in [0.5, 0.6) is 0 Å². The fourth-order valence-electron chi connectivity index (χ4n) is 4.10. The molecule has 0 atom stereocenters. The molecule has 0 saturated carbocycles. The predicted molar refractivity (Wildman–Crippen MR) is 115 cm³/mol. The summed E-state index contributed by atoms with van der Waals surface area (Å²) in [7, 11) is 0. The van der Waals surface area contributed by atoms with E-state index in [4.69, 9.17) is 0 Å². The third-order valence-corrected chi connectivity index (χ3v) is 5.69. The van der Waals surface area contributed by atoms with Crippen LogP contribution in [0.3, 0.4) is 0 Å². The Labute approximate surface area is 174 Å². The lowest BCUT2D eigenvalue weighted by Crippen LogP contribution is -2.52. The van der Waals surface area contributed by atoms with Crippen LogP contribution in [0.1, 0.15) is 16.8 Å². The first kappa shape index (κ1) is 19.8. The van der Waals surface area contributed by atoms with Crippen LogP contribution in [-0.4, -0.2) is 48.6 Å². The zero-order valence-corrected chi connectivity index (χ0v) is 16.9. The number of amides is 2. The van der Waals surface area contributed by atoms with E-state index < -0.39 is 5.82 Å². The summed E-state index contributed by atoms with van der Waals surface area (Å²) < 4.78 is 13.9. The van der Waals surface area contributed by atoms with Gasteiger partial charge in [-0.3, -0.25) is 0 Å². The molecule has 154 valence electrons. The second kappa shape index (κ2) is 8.46. The number of H-pyrrole nitrogens is 1. The van der Waals surface area contributed by atoms with Gasteiger partial charge in [-0.1, -0.05) is 24.3 Å². The van der Waals surface area contributed by atoms with Crippen molar-refractivity contribution in [2.24, 2.45) is 0 Å². The van der Waals surface area contributed by atoms with E-state index in [1.807, 2.05) is 23.1 Å². The van der Waals surface area contributed by atoms with Crippen LogP contribution in [0.25, 0.3) is 10.9 Å². The molecule has 0 radical (unpaired) electrons. The first-order valence-corrected chi connectivity index (χ1v) is 10.1. The van der Waals surface area contributed by atoms with Crippen molar-refractivity contribution in [3.05, 3.63) is 65.1 Å². The number of hydrogen-bond acceptors (Lipinski definition) is 3. The van der Waals surface area contributed by atoms with E-state index in [0.717, 1.165) is 17.6 Å². The number of nitrogens with zero attached hydrogens (tertiary/aromatic N) is 3. The van der Waals surface area contributed by atoms with E-state index in [2.05, 4.69) is 29.4 Å². The number of urea groups is 1. The minimum atomic E-state index is -0.511. The number of hydrogen-bond donors (Lipinski definition) is 2. The lowest BCUT2D eigenvalue weighted by atomic mass is 10.1. The lowest BCUT2D eigenvalue weighted by molar-refractivity contribution is 0.194. The molecule has 1 aliphatic rings. The first-order chi connectivity index (χ1) is 14.6. The topological polar surface area (TPSA) is 75.2 Å². The molecule has 1 aromatic heterocycles. The molecule has 1 fully saturated rings. The van der Waals surface area contributed by atoms with Gasteiger partial charge in [-0.15, -0.1) is 0 Å². The molecule has 0 spiro atoms. The van der Waals surface area contributed by atoms with E-state index in [-0.39, 0.29) is 11.6 Å². The largest absolute Gasteiger partial charge is 0.367 e. The minimum Gasteiger partial charge on any atom is -0.367 e. The number of aromatic nitrogens is 1. The second-order valence-corrected chi connectivity index (χ2v) is 7.48. The fraction of sp³-hybridized carbons (Fsp3) is 0.304. The van der Waals surface area contributed by atoms with E-state index >= 15 is 0 Å². The molecule has 3 aromatic rings. The van der Waals surface area contributed by atoms with Crippen LogP contribution >= 0.6 is 0 Å². The summed E-state index contributed by atoms with van der Waals surface area (Å²) in [5.74, 6) is -0.511. The predicted octanol–water partition coefficient (Wildman–Crippen LogP) is 3.56. The van der Waals surface area contributed by atoms with Gasteiger partial charge in [0.1, 0.15) is 17.4 Å². The van der Waals surface area contributed by atoms with Crippen molar-refractivity contribution in [1.82, 2.24) is 15.2 Å². The van der Waals surface area contributed by atoms with Gasteiger partial charge in [0, 0.05) is 49.3 Å². The third kappa shape index (κ3) is 3.81. The molecule has 0 unspecified atom stereocenters. The van der Waals surface area contributed by atoms with Crippen LogP contribution < -0.4 is 10.2 Å². The summed E-state index contributed by atoms with van der Waals surface area (Å²) in [4.78, 5) is 19.7. The van der Waals surface area contributed by atoms with Crippen LogP contribution in [-0.2, 0) is 6.42 Å². The summed E-state index contributed by atoms with van der Waals surface area (Å²) in [6, 6.07) is 14.7. The smallest absolute Gasteiger partial charge is 0.317 e. The van der Waals surface area contributed by atoms with Gasteiger partial charge < -0.3 is 20.1 Å². The van der Waals surface area contributed by atoms with Crippen molar-refractivity contribution < 1.29 is 9.18 Å². The number of halogens is 1. The molecule has 0 aliphatic carbocycles. The van der Waals surface area contributed by atoms with Crippen molar-refractivity contribution in [3.8, 4) is 6.07 Å². The second-order valence-electron chi connectivity index (χ2n) is 7.48. The maximum absolute atomic E-state index is 13.9. The molecular weight excluding hydrogens is 381 g/mol. The van der Waals surface area contributed by atoms with Crippen LogP contribution in [0, 0.1) is 24.1 Å². The van der Waals surface area contributed by atoms with Gasteiger partial charge in [-0.2, -0.15) is 5.26 Å². The molecule has 2 heterocycles. The third-order valence-electron chi connectivity index (χ3n) is 5.69. The van der Waals surface area contributed by atoms with Crippen LogP contribution in [0.15, 0.2) is 42.5 Å². The molecule has 2 aromatic carbocycles. The zero-order chi connectivity index (χ0) is 21.1. The number of aryl methyl sites for hydroxylation is 1. The van der Waals surface area contributed by atoms with E-state index in [1.54, 1.807) is 17.0 Å². The van der Waals surface area contributed by atoms with Gasteiger partial charge in [-0.05, 0) is 37.1 Å². The Kier molecular flexibility index (Phi) is 5.57. The number of nitrogens with one attached hydrogen (secondary N) is 2. The SMILES string of the molecule is Cc1[nH]c2ccccc2c1CCNC(=O)N1CCN(c2cccc(F)c2C#N)CC1. The van der Waals surface area contributed by atoms with Crippen molar-refractivity contribution in [2.75, 3.05) is 37.6 Å². The average molecular weight is 405 g/mol. The Morgan fingerprint density at radius 2 is 1.93 bits per heavy atom. The average Bonchev–Trinajstić information content (AvgIpc) is 3.09.